The first-order chi connectivity index (χ1) is 8.35. The number of carboxylic acid groups (broad SMARTS) is 1. The van der Waals surface area contributed by atoms with Crippen molar-refractivity contribution in [2.45, 2.75) is 45.4 Å². The van der Waals surface area contributed by atoms with E-state index in [1.54, 1.807) is 34.6 Å². The highest BCUT2D eigenvalue weighted by Gasteiger charge is 2.30. The molecule has 0 saturated heterocycles. The van der Waals surface area contributed by atoms with E-state index in [2.05, 4.69) is 17.9 Å². The lowest BCUT2D eigenvalue weighted by molar-refractivity contribution is -0.141. The smallest absolute Gasteiger partial charge is 0.327 e. The molecule has 110 valence electrons. The Morgan fingerprint density at radius 2 is 1.68 bits per heavy atom. The van der Waals surface area contributed by atoms with E-state index in [1.807, 2.05) is 0 Å². The molecule has 0 fully saturated rings. The van der Waals surface area contributed by atoms with Gasteiger partial charge in [0.05, 0.1) is 4.75 Å². The highest BCUT2D eigenvalue weighted by molar-refractivity contribution is 8.13. The molecule has 0 saturated carbocycles. The third kappa shape index (κ3) is 6.87. The molecule has 0 aromatic carbocycles. The zero-order valence-corrected chi connectivity index (χ0v) is 13.5. The van der Waals surface area contributed by atoms with E-state index >= 15 is 0 Å². The Balaban J connectivity index is 4.58. The highest BCUT2D eigenvalue weighted by Crippen LogP contribution is 2.23. The van der Waals surface area contributed by atoms with Crippen LogP contribution in [0.4, 0.5) is 0 Å². The molecular weight excluding hydrogens is 286 g/mol. The van der Waals surface area contributed by atoms with Crippen molar-refractivity contribution in [1.82, 2.24) is 5.32 Å². The fraction of sp³-hybridized carbons (Fsp3) is 0.750. The minimum absolute atomic E-state index is 0.00103. The van der Waals surface area contributed by atoms with Crippen LogP contribution in [-0.2, 0) is 14.4 Å². The van der Waals surface area contributed by atoms with E-state index in [-0.39, 0.29) is 10.9 Å². The molecule has 0 radical (unpaired) electrons. The maximum Gasteiger partial charge on any atom is 0.327 e. The summed E-state index contributed by atoms with van der Waals surface area (Å²) in [5.41, 5.74) is -0.541. The lowest BCUT2D eigenvalue weighted by Crippen LogP contribution is -2.49. The number of hydrogen-bond acceptors (Lipinski definition) is 5. The van der Waals surface area contributed by atoms with Gasteiger partial charge in [0.15, 0.2) is 5.12 Å². The summed E-state index contributed by atoms with van der Waals surface area (Å²) in [6, 6.07) is -1.10. The Kier molecular flexibility index (Phi) is 6.41. The molecule has 0 spiro atoms. The van der Waals surface area contributed by atoms with Gasteiger partial charge >= 0.3 is 5.97 Å². The van der Waals surface area contributed by atoms with Crippen molar-refractivity contribution < 1.29 is 19.5 Å². The van der Waals surface area contributed by atoms with Crippen LogP contribution in [0.2, 0.25) is 0 Å². The van der Waals surface area contributed by atoms with Gasteiger partial charge in [0.25, 0.3) is 0 Å². The third-order valence-corrected chi connectivity index (χ3v) is 3.73. The average Bonchev–Trinajstić information content (AvgIpc) is 2.19. The molecule has 2 N–H and O–H groups in total. The Hall–Kier alpha value is -0.690. The van der Waals surface area contributed by atoms with Crippen molar-refractivity contribution in [3.63, 3.8) is 0 Å². The molecule has 0 aromatic heterocycles. The van der Waals surface area contributed by atoms with E-state index in [0.717, 1.165) is 11.8 Å². The van der Waals surface area contributed by atoms with E-state index in [4.69, 9.17) is 5.11 Å². The van der Waals surface area contributed by atoms with Crippen LogP contribution < -0.4 is 5.32 Å². The summed E-state index contributed by atoms with van der Waals surface area (Å²) in [4.78, 5) is 34.5. The summed E-state index contributed by atoms with van der Waals surface area (Å²) < 4.78 is -0.966. The number of aliphatic carboxylic acids is 1. The van der Waals surface area contributed by atoms with Gasteiger partial charge in [0.1, 0.15) is 6.04 Å². The number of thioether (sulfide) groups is 1. The minimum atomic E-state index is -1.17. The van der Waals surface area contributed by atoms with Crippen molar-refractivity contribution in [1.29, 1.82) is 0 Å². The SMILES string of the molecule is CC(C)(C)C(=O)SC[C@H](NC(=O)C(C)(C)S)C(=O)O. The molecular formula is C12H21NO4S2. The molecule has 0 heterocycles. The van der Waals surface area contributed by atoms with E-state index in [0.29, 0.717) is 0 Å². The monoisotopic (exact) mass is 307 g/mol. The number of amides is 1. The summed E-state index contributed by atoms with van der Waals surface area (Å²) in [6.45, 7) is 8.41. The molecule has 0 aliphatic rings. The number of hydrogen-bond donors (Lipinski definition) is 3. The normalized spacial score (nSPS) is 13.8. The first kappa shape index (κ1) is 18.3. The van der Waals surface area contributed by atoms with Crippen molar-refractivity contribution in [2.75, 3.05) is 5.75 Å². The number of rotatable bonds is 5. The molecule has 0 bridgehead atoms. The van der Waals surface area contributed by atoms with E-state index in [1.165, 1.54) is 0 Å². The summed E-state index contributed by atoms with van der Waals surface area (Å²) in [7, 11) is 0. The molecule has 0 rings (SSSR count). The number of carboxylic acids is 1. The first-order valence-corrected chi connectivity index (χ1v) is 7.22. The number of carbonyl (C=O) groups is 3. The van der Waals surface area contributed by atoms with Crippen LogP contribution in [-0.4, -0.2) is 38.6 Å². The van der Waals surface area contributed by atoms with Gasteiger partial charge in [-0.2, -0.15) is 12.6 Å². The van der Waals surface area contributed by atoms with Gasteiger partial charge in [-0.05, 0) is 13.8 Å². The Morgan fingerprint density at radius 1 is 1.21 bits per heavy atom. The lowest BCUT2D eigenvalue weighted by Gasteiger charge is -2.22. The topological polar surface area (TPSA) is 83.5 Å². The summed E-state index contributed by atoms with van der Waals surface area (Å²) in [5, 5.41) is 11.3. The van der Waals surface area contributed by atoms with Crippen molar-refractivity contribution in [3.8, 4) is 0 Å². The van der Waals surface area contributed by atoms with Gasteiger partial charge < -0.3 is 10.4 Å². The number of carbonyl (C=O) groups excluding carboxylic acids is 2. The molecule has 0 aromatic rings. The summed E-state index contributed by atoms with van der Waals surface area (Å²) >= 11 is 4.98. The molecule has 0 unspecified atom stereocenters. The maximum absolute atomic E-state index is 11.7. The molecule has 1 atom stereocenters. The van der Waals surface area contributed by atoms with Crippen molar-refractivity contribution in [3.05, 3.63) is 0 Å². The number of thiol groups is 1. The maximum atomic E-state index is 11.7. The molecule has 5 nitrogen and oxygen atoms in total. The summed E-state index contributed by atoms with van der Waals surface area (Å²) in [5.74, 6) is -1.65. The van der Waals surface area contributed by atoms with Crippen LogP contribution in [0.5, 0.6) is 0 Å². The van der Waals surface area contributed by atoms with Gasteiger partial charge in [-0.25, -0.2) is 4.79 Å². The minimum Gasteiger partial charge on any atom is -0.480 e. The standard InChI is InChI=1S/C12H21NO4S2/c1-11(2,3)10(17)19-6-7(8(14)15)13-9(16)12(4,5)18/h7,18H,6H2,1-5H3,(H,13,16)(H,14,15)/t7-/m0/s1. The second kappa shape index (κ2) is 6.65. The van der Waals surface area contributed by atoms with Crippen LogP contribution in [0.3, 0.4) is 0 Å². The predicted molar refractivity (Wildman–Crippen MR) is 79.6 cm³/mol. The van der Waals surface area contributed by atoms with Crippen LogP contribution in [0.1, 0.15) is 34.6 Å². The van der Waals surface area contributed by atoms with Gasteiger partial charge in [0, 0.05) is 11.2 Å². The second-order valence-corrected chi connectivity index (χ2v) is 7.88. The largest absolute Gasteiger partial charge is 0.480 e. The Morgan fingerprint density at radius 3 is 2.00 bits per heavy atom. The zero-order valence-electron chi connectivity index (χ0n) is 11.8. The predicted octanol–water partition coefficient (Wildman–Crippen LogP) is 1.57. The lowest BCUT2D eigenvalue weighted by atomic mass is 10.00. The third-order valence-electron chi connectivity index (χ3n) is 2.15. The van der Waals surface area contributed by atoms with Crippen molar-refractivity contribution >= 4 is 41.4 Å². The molecule has 7 heteroatoms. The summed E-state index contributed by atoms with van der Waals surface area (Å²) in [6.07, 6.45) is 0. The quantitative estimate of drug-likeness (QED) is 0.672. The fourth-order valence-corrected chi connectivity index (χ4v) is 1.93. The van der Waals surface area contributed by atoms with Crippen LogP contribution in [0.25, 0.3) is 0 Å². The fourth-order valence-electron chi connectivity index (χ4n) is 0.885. The van der Waals surface area contributed by atoms with E-state index < -0.39 is 28.1 Å². The van der Waals surface area contributed by atoms with Gasteiger partial charge in [-0.1, -0.05) is 32.5 Å². The van der Waals surface area contributed by atoms with Gasteiger partial charge in [0.2, 0.25) is 5.91 Å². The van der Waals surface area contributed by atoms with Crippen LogP contribution in [0, 0.1) is 5.41 Å². The van der Waals surface area contributed by atoms with E-state index in [9.17, 15) is 14.4 Å². The van der Waals surface area contributed by atoms with Gasteiger partial charge in [-0.15, -0.1) is 0 Å². The molecule has 0 aliphatic carbocycles. The first-order valence-electron chi connectivity index (χ1n) is 5.79. The molecule has 0 aliphatic heterocycles. The molecule has 1 amide bonds. The Bertz CT molecular complexity index is 369. The van der Waals surface area contributed by atoms with Crippen LogP contribution >= 0.6 is 24.4 Å². The average molecular weight is 307 g/mol. The van der Waals surface area contributed by atoms with Crippen LogP contribution in [0.15, 0.2) is 0 Å². The Labute approximate surface area is 123 Å². The van der Waals surface area contributed by atoms with Crippen molar-refractivity contribution in [2.24, 2.45) is 5.41 Å². The zero-order chi connectivity index (χ0) is 15.4. The second-order valence-electron chi connectivity index (χ2n) is 5.77. The number of nitrogens with one attached hydrogen (secondary N) is 1. The van der Waals surface area contributed by atoms with Gasteiger partial charge in [-0.3, -0.25) is 9.59 Å². The highest BCUT2D eigenvalue weighted by atomic mass is 32.2. The molecule has 19 heavy (non-hydrogen) atoms.